The third kappa shape index (κ3) is 5.68. The van der Waals surface area contributed by atoms with Gasteiger partial charge in [-0.2, -0.15) is 8.42 Å². The van der Waals surface area contributed by atoms with Crippen molar-refractivity contribution in [2.75, 3.05) is 6.26 Å². The summed E-state index contributed by atoms with van der Waals surface area (Å²) in [7, 11) is -3.70. The quantitative estimate of drug-likeness (QED) is 0.356. The van der Waals surface area contributed by atoms with Gasteiger partial charge in [-0.25, -0.2) is 4.18 Å². The molecule has 0 heterocycles. The van der Waals surface area contributed by atoms with Crippen LogP contribution in [0.1, 0.15) is 38.0 Å². The minimum atomic E-state index is -3.70. The highest BCUT2D eigenvalue weighted by atomic mass is 32.2. The van der Waals surface area contributed by atoms with E-state index in [2.05, 4.69) is 4.18 Å². The van der Waals surface area contributed by atoms with Crippen molar-refractivity contribution >= 4 is 16.1 Å². The molecule has 7 heteroatoms. The summed E-state index contributed by atoms with van der Waals surface area (Å²) in [5.74, 6) is -0.171. The number of unbranched alkanes of at least 4 members (excludes halogenated alkanes) is 1. The molecule has 0 unspecified atom stereocenters. The zero-order chi connectivity index (χ0) is 15.2. The van der Waals surface area contributed by atoms with Gasteiger partial charge in [0.25, 0.3) is 10.1 Å². The summed E-state index contributed by atoms with van der Waals surface area (Å²) in [4.78, 5) is 11.6. The van der Waals surface area contributed by atoms with E-state index in [1.54, 1.807) is 24.3 Å². The molecule has 2 N–H and O–H groups in total. The van der Waals surface area contributed by atoms with Gasteiger partial charge in [-0.1, -0.05) is 31.5 Å². The van der Waals surface area contributed by atoms with Crippen LogP contribution in [0.5, 0.6) is 5.75 Å². The van der Waals surface area contributed by atoms with Gasteiger partial charge in [-0.15, -0.1) is 0 Å². The summed E-state index contributed by atoms with van der Waals surface area (Å²) >= 11 is 0. The minimum absolute atomic E-state index is 0.213. The maximum Gasteiger partial charge on any atom is 0.311 e. The summed E-state index contributed by atoms with van der Waals surface area (Å²) in [6, 6.07) is 6.42. The van der Waals surface area contributed by atoms with E-state index in [0.29, 0.717) is 12.0 Å². The molecule has 0 fully saturated rings. The normalized spacial score (nSPS) is 12.9. The Labute approximate surface area is 119 Å². The fourth-order valence-electron chi connectivity index (χ4n) is 1.54. The predicted molar refractivity (Wildman–Crippen MR) is 74.5 cm³/mol. The smallest absolute Gasteiger partial charge is 0.311 e. The van der Waals surface area contributed by atoms with Crippen molar-refractivity contribution in [2.45, 2.75) is 32.4 Å². The van der Waals surface area contributed by atoms with Crippen molar-refractivity contribution in [1.82, 2.24) is 0 Å². The molecule has 0 aromatic heterocycles. The molecule has 0 aliphatic heterocycles. The van der Waals surface area contributed by atoms with Crippen LogP contribution >= 0.6 is 0 Å². The first-order valence-corrected chi connectivity index (χ1v) is 8.08. The highest BCUT2D eigenvalue weighted by Crippen LogP contribution is 2.25. The van der Waals surface area contributed by atoms with Gasteiger partial charge in [0.2, 0.25) is 0 Å². The number of hydrogen-bond donors (Lipinski definition) is 1. The molecule has 1 rings (SSSR count). The van der Waals surface area contributed by atoms with Crippen LogP contribution in [-0.2, 0) is 19.1 Å². The average Bonchev–Trinajstić information content (AvgIpc) is 2.35. The molecule has 6 nitrogen and oxygen atoms in total. The first-order chi connectivity index (χ1) is 9.33. The summed E-state index contributed by atoms with van der Waals surface area (Å²) in [6.45, 7) is 1.97. The van der Waals surface area contributed by atoms with Crippen LogP contribution in [0.25, 0.3) is 0 Å². The van der Waals surface area contributed by atoms with Crippen LogP contribution in [0, 0.1) is 0 Å². The molecule has 1 atom stereocenters. The molecule has 0 amide bonds. The van der Waals surface area contributed by atoms with E-state index in [1.165, 1.54) is 0 Å². The van der Waals surface area contributed by atoms with E-state index in [4.69, 9.17) is 10.5 Å². The maximum atomic E-state index is 11.6. The zero-order valence-corrected chi connectivity index (χ0v) is 12.4. The van der Waals surface area contributed by atoms with Crippen molar-refractivity contribution in [3.05, 3.63) is 29.8 Å². The van der Waals surface area contributed by atoms with E-state index < -0.39 is 16.3 Å². The molecule has 0 saturated heterocycles. The second kappa shape index (κ2) is 7.37. The standard InChI is InChI=1S/C13H19NO5S/c1-3-4-9-12(15)18-11-8-6-5-7-10(11)13(14)19-20(2,16)17/h5-8,13H,3-4,9,14H2,1-2H3/t13-/m1/s1. The number of para-hydroxylation sites is 1. The van der Waals surface area contributed by atoms with Crippen LogP contribution in [0.3, 0.4) is 0 Å². The Morgan fingerprint density at radius 1 is 1.35 bits per heavy atom. The molecular formula is C13H19NO5S. The molecule has 1 aromatic rings. The van der Waals surface area contributed by atoms with Crippen LogP contribution in [0.2, 0.25) is 0 Å². The van der Waals surface area contributed by atoms with Crippen LogP contribution < -0.4 is 10.5 Å². The first kappa shape index (κ1) is 16.6. The first-order valence-electron chi connectivity index (χ1n) is 6.27. The van der Waals surface area contributed by atoms with Gasteiger partial charge in [0.15, 0.2) is 6.23 Å². The van der Waals surface area contributed by atoms with E-state index in [1.807, 2.05) is 6.92 Å². The molecule has 20 heavy (non-hydrogen) atoms. The fourth-order valence-corrected chi connectivity index (χ4v) is 2.02. The molecule has 112 valence electrons. The largest absolute Gasteiger partial charge is 0.426 e. The minimum Gasteiger partial charge on any atom is -0.426 e. The lowest BCUT2D eigenvalue weighted by Gasteiger charge is -2.15. The van der Waals surface area contributed by atoms with Gasteiger partial charge in [0.05, 0.1) is 6.26 Å². The van der Waals surface area contributed by atoms with Gasteiger partial charge >= 0.3 is 5.97 Å². The second-order valence-electron chi connectivity index (χ2n) is 4.34. The summed E-state index contributed by atoms with van der Waals surface area (Å²) in [5, 5.41) is 0. The highest BCUT2D eigenvalue weighted by Gasteiger charge is 2.18. The van der Waals surface area contributed by atoms with E-state index >= 15 is 0 Å². The Kier molecular flexibility index (Phi) is 6.12. The van der Waals surface area contributed by atoms with E-state index in [0.717, 1.165) is 19.1 Å². The molecule has 0 saturated carbocycles. The number of carbonyl (C=O) groups is 1. The zero-order valence-electron chi connectivity index (χ0n) is 11.5. The Balaban J connectivity index is 2.85. The number of benzene rings is 1. The Morgan fingerprint density at radius 2 is 2.00 bits per heavy atom. The molecule has 0 bridgehead atoms. The summed E-state index contributed by atoms with van der Waals surface area (Å²) in [6.07, 6.45) is 1.61. The summed E-state index contributed by atoms with van der Waals surface area (Å²) < 4.78 is 32.0. The van der Waals surface area contributed by atoms with Crippen molar-refractivity contribution in [2.24, 2.45) is 5.73 Å². The number of hydrogen-bond acceptors (Lipinski definition) is 6. The molecule has 1 aromatic carbocycles. The Bertz CT molecular complexity index is 556. The lowest BCUT2D eigenvalue weighted by molar-refractivity contribution is -0.134. The van der Waals surface area contributed by atoms with Gasteiger partial charge in [-0.05, 0) is 12.5 Å². The number of esters is 1. The Hall–Kier alpha value is -1.44. The molecular weight excluding hydrogens is 282 g/mol. The van der Waals surface area contributed by atoms with Crippen molar-refractivity contribution in [3.63, 3.8) is 0 Å². The van der Waals surface area contributed by atoms with Gasteiger partial charge in [0, 0.05) is 12.0 Å². The molecule has 0 spiro atoms. The van der Waals surface area contributed by atoms with Crippen molar-refractivity contribution in [1.29, 1.82) is 0 Å². The molecule has 0 radical (unpaired) electrons. The second-order valence-corrected chi connectivity index (χ2v) is 5.94. The topological polar surface area (TPSA) is 95.7 Å². The number of carbonyl (C=O) groups excluding carboxylic acids is 1. The number of nitrogens with two attached hydrogens (primary N) is 1. The van der Waals surface area contributed by atoms with Gasteiger partial charge in [0.1, 0.15) is 5.75 Å². The van der Waals surface area contributed by atoms with Crippen LogP contribution in [0.4, 0.5) is 0 Å². The average molecular weight is 301 g/mol. The highest BCUT2D eigenvalue weighted by molar-refractivity contribution is 7.86. The Morgan fingerprint density at radius 3 is 2.60 bits per heavy atom. The number of ether oxygens (including phenoxy) is 1. The predicted octanol–water partition coefficient (Wildman–Crippen LogP) is 1.72. The molecule has 0 aliphatic carbocycles. The lowest BCUT2D eigenvalue weighted by atomic mass is 10.2. The van der Waals surface area contributed by atoms with Gasteiger partial charge < -0.3 is 10.5 Å². The summed E-state index contributed by atoms with van der Waals surface area (Å²) in [5.41, 5.74) is 5.97. The van der Waals surface area contributed by atoms with Crippen molar-refractivity contribution in [3.8, 4) is 5.75 Å². The lowest BCUT2D eigenvalue weighted by Crippen LogP contribution is -2.20. The van der Waals surface area contributed by atoms with Crippen molar-refractivity contribution < 1.29 is 22.1 Å². The van der Waals surface area contributed by atoms with E-state index in [-0.39, 0.29) is 11.7 Å². The number of rotatable bonds is 7. The maximum absolute atomic E-state index is 11.6. The SMILES string of the molecule is CCCCC(=O)Oc1ccccc1[C@H](N)OS(C)(=O)=O. The third-order valence-electron chi connectivity index (χ3n) is 2.46. The fraction of sp³-hybridized carbons (Fsp3) is 0.462. The van der Waals surface area contributed by atoms with Crippen LogP contribution in [0.15, 0.2) is 24.3 Å². The third-order valence-corrected chi connectivity index (χ3v) is 3.02. The van der Waals surface area contributed by atoms with Gasteiger partial charge in [-0.3, -0.25) is 4.79 Å². The van der Waals surface area contributed by atoms with Crippen LogP contribution in [-0.4, -0.2) is 20.6 Å². The monoisotopic (exact) mass is 301 g/mol. The molecule has 0 aliphatic rings. The van der Waals surface area contributed by atoms with E-state index in [9.17, 15) is 13.2 Å².